The SMILES string of the molecule is CC(C)(NC(=O)CC#N)c1ccc2nc[nH]c2c1. The van der Waals surface area contributed by atoms with Crippen molar-refractivity contribution in [2.45, 2.75) is 25.8 Å². The average Bonchev–Trinajstić information content (AvgIpc) is 2.75. The number of aromatic nitrogens is 2. The molecule has 0 saturated carbocycles. The lowest BCUT2D eigenvalue weighted by atomic mass is 9.93. The van der Waals surface area contributed by atoms with Crippen LogP contribution in [0.15, 0.2) is 24.5 Å². The van der Waals surface area contributed by atoms with Gasteiger partial charge in [0, 0.05) is 0 Å². The third-order valence-corrected chi connectivity index (χ3v) is 2.83. The fourth-order valence-corrected chi connectivity index (χ4v) is 1.86. The largest absolute Gasteiger partial charge is 0.346 e. The first-order valence-corrected chi connectivity index (χ1v) is 5.64. The Morgan fingerprint density at radius 2 is 2.33 bits per heavy atom. The molecule has 0 aliphatic carbocycles. The summed E-state index contributed by atoms with van der Waals surface area (Å²) in [5.41, 5.74) is 2.26. The van der Waals surface area contributed by atoms with E-state index in [1.807, 2.05) is 38.1 Å². The fourth-order valence-electron chi connectivity index (χ4n) is 1.86. The van der Waals surface area contributed by atoms with E-state index in [1.165, 1.54) is 0 Å². The molecule has 2 rings (SSSR count). The summed E-state index contributed by atoms with van der Waals surface area (Å²) in [6.45, 7) is 3.81. The fraction of sp³-hybridized carbons (Fsp3) is 0.308. The maximum atomic E-state index is 11.5. The minimum absolute atomic E-state index is 0.129. The third-order valence-electron chi connectivity index (χ3n) is 2.83. The summed E-state index contributed by atoms with van der Waals surface area (Å²) in [7, 11) is 0. The van der Waals surface area contributed by atoms with Gasteiger partial charge in [0.15, 0.2) is 0 Å². The molecule has 0 aliphatic heterocycles. The second kappa shape index (κ2) is 4.49. The van der Waals surface area contributed by atoms with Crippen molar-refractivity contribution in [3.63, 3.8) is 0 Å². The topological polar surface area (TPSA) is 81.6 Å². The molecule has 0 aliphatic rings. The lowest BCUT2D eigenvalue weighted by Gasteiger charge is -2.26. The summed E-state index contributed by atoms with van der Waals surface area (Å²) in [4.78, 5) is 18.7. The lowest BCUT2D eigenvalue weighted by Crippen LogP contribution is -2.40. The van der Waals surface area contributed by atoms with Crippen LogP contribution in [0, 0.1) is 11.3 Å². The van der Waals surface area contributed by atoms with Crippen LogP contribution < -0.4 is 5.32 Å². The Kier molecular flexibility index (Phi) is 3.02. The highest BCUT2D eigenvalue weighted by molar-refractivity contribution is 5.80. The molecule has 0 unspecified atom stereocenters. The summed E-state index contributed by atoms with van der Waals surface area (Å²) in [6.07, 6.45) is 1.51. The molecule has 1 heterocycles. The van der Waals surface area contributed by atoms with Crippen LogP contribution in [-0.4, -0.2) is 15.9 Å². The number of rotatable bonds is 3. The number of imidazole rings is 1. The summed E-state index contributed by atoms with van der Waals surface area (Å²) in [6, 6.07) is 7.62. The number of H-pyrrole nitrogens is 1. The monoisotopic (exact) mass is 242 g/mol. The molecule has 0 radical (unpaired) electrons. The molecule has 0 fully saturated rings. The van der Waals surface area contributed by atoms with Crippen molar-refractivity contribution in [3.8, 4) is 6.07 Å². The van der Waals surface area contributed by atoms with E-state index in [4.69, 9.17) is 5.26 Å². The molecular formula is C13H14N4O. The molecule has 2 aromatic rings. The van der Waals surface area contributed by atoms with Gasteiger partial charge >= 0.3 is 0 Å². The normalized spacial score (nSPS) is 11.2. The molecule has 0 saturated heterocycles. The van der Waals surface area contributed by atoms with E-state index in [1.54, 1.807) is 6.33 Å². The Hall–Kier alpha value is -2.35. The van der Waals surface area contributed by atoms with Crippen molar-refractivity contribution in [1.82, 2.24) is 15.3 Å². The van der Waals surface area contributed by atoms with Crippen LogP contribution in [0.2, 0.25) is 0 Å². The zero-order chi connectivity index (χ0) is 13.2. The third kappa shape index (κ3) is 2.33. The first kappa shape index (κ1) is 12.1. The smallest absolute Gasteiger partial charge is 0.234 e. The number of carbonyl (C=O) groups excluding carboxylic acids is 1. The number of nitriles is 1. The van der Waals surface area contributed by atoms with Gasteiger partial charge in [-0.2, -0.15) is 5.26 Å². The second-order valence-corrected chi connectivity index (χ2v) is 4.64. The highest BCUT2D eigenvalue weighted by Crippen LogP contribution is 2.23. The molecule has 18 heavy (non-hydrogen) atoms. The highest BCUT2D eigenvalue weighted by atomic mass is 16.1. The Labute approximate surface area is 105 Å². The molecule has 0 bridgehead atoms. The van der Waals surface area contributed by atoms with Crippen LogP contribution in [0.5, 0.6) is 0 Å². The van der Waals surface area contributed by atoms with Crippen molar-refractivity contribution in [2.24, 2.45) is 0 Å². The van der Waals surface area contributed by atoms with Gasteiger partial charge in [-0.15, -0.1) is 0 Å². The summed E-state index contributed by atoms with van der Waals surface area (Å²) in [5, 5.41) is 11.3. The predicted octanol–water partition coefficient (Wildman–Crippen LogP) is 1.83. The molecular weight excluding hydrogens is 228 g/mol. The number of benzene rings is 1. The van der Waals surface area contributed by atoms with Gasteiger partial charge in [0.05, 0.1) is 29.0 Å². The summed E-state index contributed by atoms with van der Waals surface area (Å²) in [5.74, 6) is -0.271. The Bertz CT molecular complexity index is 621. The van der Waals surface area contributed by atoms with E-state index in [0.29, 0.717) is 0 Å². The van der Waals surface area contributed by atoms with E-state index in [-0.39, 0.29) is 12.3 Å². The first-order valence-electron chi connectivity index (χ1n) is 5.64. The van der Waals surface area contributed by atoms with E-state index in [2.05, 4.69) is 15.3 Å². The molecule has 92 valence electrons. The lowest BCUT2D eigenvalue weighted by molar-refractivity contribution is -0.121. The van der Waals surface area contributed by atoms with Gasteiger partial charge in [0.2, 0.25) is 5.91 Å². The van der Waals surface area contributed by atoms with Crippen LogP contribution in [0.4, 0.5) is 0 Å². The van der Waals surface area contributed by atoms with Crippen molar-refractivity contribution in [2.75, 3.05) is 0 Å². The number of hydrogen-bond donors (Lipinski definition) is 2. The number of nitrogens with one attached hydrogen (secondary N) is 2. The van der Waals surface area contributed by atoms with Gasteiger partial charge in [0.25, 0.3) is 0 Å². The standard InChI is InChI=1S/C13H14N4O/c1-13(2,17-12(18)5-6-14)9-3-4-10-11(7-9)16-8-15-10/h3-4,7-8H,5H2,1-2H3,(H,15,16)(H,17,18). The van der Waals surface area contributed by atoms with Crippen molar-refractivity contribution in [3.05, 3.63) is 30.1 Å². The second-order valence-electron chi connectivity index (χ2n) is 4.64. The number of amides is 1. The van der Waals surface area contributed by atoms with Gasteiger partial charge in [-0.25, -0.2) is 4.98 Å². The number of carbonyl (C=O) groups is 1. The van der Waals surface area contributed by atoms with E-state index in [0.717, 1.165) is 16.6 Å². The highest BCUT2D eigenvalue weighted by Gasteiger charge is 2.23. The van der Waals surface area contributed by atoms with Crippen molar-refractivity contribution >= 4 is 16.9 Å². The zero-order valence-electron chi connectivity index (χ0n) is 10.3. The minimum Gasteiger partial charge on any atom is -0.346 e. The van der Waals surface area contributed by atoms with Crippen LogP contribution in [0.3, 0.4) is 0 Å². The molecule has 5 heteroatoms. The first-order chi connectivity index (χ1) is 8.53. The predicted molar refractivity (Wildman–Crippen MR) is 67.5 cm³/mol. The Morgan fingerprint density at radius 3 is 3.06 bits per heavy atom. The van der Waals surface area contributed by atoms with E-state index >= 15 is 0 Å². The van der Waals surface area contributed by atoms with Gasteiger partial charge in [-0.05, 0) is 31.5 Å². The molecule has 1 amide bonds. The van der Waals surface area contributed by atoms with Crippen LogP contribution in [0.1, 0.15) is 25.8 Å². The Morgan fingerprint density at radius 1 is 1.56 bits per heavy atom. The number of hydrogen-bond acceptors (Lipinski definition) is 3. The van der Waals surface area contributed by atoms with Crippen LogP contribution in [0.25, 0.3) is 11.0 Å². The molecule has 1 aromatic heterocycles. The number of aromatic amines is 1. The van der Waals surface area contributed by atoms with Crippen LogP contribution in [-0.2, 0) is 10.3 Å². The van der Waals surface area contributed by atoms with Crippen LogP contribution >= 0.6 is 0 Å². The van der Waals surface area contributed by atoms with Gasteiger partial charge in [0.1, 0.15) is 6.42 Å². The van der Waals surface area contributed by atoms with Gasteiger partial charge in [-0.3, -0.25) is 4.79 Å². The van der Waals surface area contributed by atoms with Gasteiger partial charge in [-0.1, -0.05) is 6.07 Å². The summed E-state index contributed by atoms with van der Waals surface area (Å²) >= 11 is 0. The average molecular weight is 242 g/mol. The van der Waals surface area contributed by atoms with E-state index < -0.39 is 5.54 Å². The van der Waals surface area contributed by atoms with E-state index in [9.17, 15) is 4.79 Å². The van der Waals surface area contributed by atoms with Gasteiger partial charge < -0.3 is 10.3 Å². The molecule has 0 atom stereocenters. The molecule has 1 aromatic carbocycles. The Balaban J connectivity index is 2.28. The minimum atomic E-state index is -0.521. The number of nitrogens with zero attached hydrogens (tertiary/aromatic N) is 2. The van der Waals surface area contributed by atoms with Crippen molar-refractivity contribution < 1.29 is 4.79 Å². The maximum Gasteiger partial charge on any atom is 0.234 e. The molecule has 2 N–H and O–H groups in total. The molecule has 0 spiro atoms. The van der Waals surface area contributed by atoms with Crippen molar-refractivity contribution in [1.29, 1.82) is 5.26 Å². The maximum absolute atomic E-state index is 11.5. The zero-order valence-corrected chi connectivity index (χ0v) is 10.3. The quantitative estimate of drug-likeness (QED) is 0.861. The molecule has 5 nitrogen and oxygen atoms in total. The number of fused-ring (bicyclic) bond motifs is 1. The summed E-state index contributed by atoms with van der Waals surface area (Å²) < 4.78 is 0.